The zero-order valence-electron chi connectivity index (χ0n) is 9.24. The number of nitrogens with one attached hydrogen (secondary N) is 1. The summed E-state index contributed by atoms with van der Waals surface area (Å²) in [6.07, 6.45) is 2.55. The minimum Gasteiger partial charge on any atom is -0.365 e. The molecule has 15 heavy (non-hydrogen) atoms. The lowest BCUT2D eigenvalue weighted by molar-refractivity contribution is 0.384. The van der Waals surface area contributed by atoms with Crippen LogP contribution in [-0.2, 0) is 6.42 Å². The van der Waals surface area contributed by atoms with Crippen molar-refractivity contribution in [3.05, 3.63) is 29.8 Å². The molecule has 0 radical (unpaired) electrons. The fourth-order valence-electron chi connectivity index (χ4n) is 2.83. The molecule has 2 aliphatic rings. The molecule has 2 heterocycles. The fourth-order valence-corrected chi connectivity index (χ4v) is 2.83. The molecule has 0 spiro atoms. The van der Waals surface area contributed by atoms with E-state index in [1.165, 1.54) is 24.1 Å². The van der Waals surface area contributed by atoms with E-state index in [0.717, 1.165) is 19.1 Å². The van der Waals surface area contributed by atoms with Gasteiger partial charge in [0.2, 0.25) is 0 Å². The molecule has 2 atom stereocenters. The maximum atomic E-state index is 3.57. The van der Waals surface area contributed by atoms with Crippen LogP contribution >= 0.6 is 0 Å². The van der Waals surface area contributed by atoms with Gasteiger partial charge in [-0.2, -0.15) is 0 Å². The van der Waals surface area contributed by atoms with E-state index in [0.29, 0.717) is 6.04 Å². The van der Waals surface area contributed by atoms with E-state index in [-0.39, 0.29) is 0 Å². The Morgan fingerprint density at radius 2 is 2.20 bits per heavy atom. The Morgan fingerprint density at radius 3 is 3.13 bits per heavy atom. The van der Waals surface area contributed by atoms with Crippen molar-refractivity contribution in [1.82, 2.24) is 5.32 Å². The average molecular weight is 202 g/mol. The number of aryl methyl sites for hydroxylation is 1. The SMILES string of the molecule is C[C@H]1CN2c3ccccc3CCC2CN1. The zero-order chi connectivity index (χ0) is 10.3. The quantitative estimate of drug-likeness (QED) is 0.690. The van der Waals surface area contributed by atoms with Gasteiger partial charge in [0.1, 0.15) is 0 Å². The number of para-hydroxylation sites is 1. The van der Waals surface area contributed by atoms with Crippen LogP contribution in [0.3, 0.4) is 0 Å². The van der Waals surface area contributed by atoms with Crippen LogP contribution in [0.15, 0.2) is 24.3 Å². The summed E-state index contributed by atoms with van der Waals surface area (Å²) in [6, 6.07) is 10.2. The van der Waals surface area contributed by atoms with E-state index >= 15 is 0 Å². The number of nitrogens with zero attached hydrogens (tertiary/aromatic N) is 1. The molecule has 0 amide bonds. The van der Waals surface area contributed by atoms with E-state index in [4.69, 9.17) is 0 Å². The van der Waals surface area contributed by atoms with Gasteiger partial charge < -0.3 is 10.2 Å². The van der Waals surface area contributed by atoms with Crippen LogP contribution in [0.25, 0.3) is 0 Å². The molecule has 2 aliphatic heterocycles. The first kappa shape index (κ1) is 9.22. The van der Waals surface area contributed by atoms with Crippen LogP contribution in [0.5, 0.6) is 0 Å². The molecule has 0 bridgehead atoms. The third kappa shape index (κ3) is 1.53. The monoisotopic (exact) mass is 202 g/mol. The first-order valence-corrected chi connectivity index (χ1v) is 5.92. The summed E-state index contributed by atoms with van der Waals surface area (Å²) in [6.45, 7) is 4.57. The standard InChI is InChI=1S/C13H18N2/c1-10-9-15-12(8-14-10)7-6-11-4-2-3-5-13(11)15/h2-5,10,12,14H,6-9H2,1H3/t10-,12?/m0/s1. The van der Waals surface area contributed by atoms with Crippen molar-refractivity contribution in [3.63, 3.8) is 0 Å². The summed E-state index contributed by atoms with van der Waals surface area (Å²) in [5.41, 5.74) is 3.00. The minimum absolute atomic E-state index is 0.618. The third-order valence-corrected chi connectivity index (χ3v) is 3.66. The molecule has 0 saturated carbocycles. The van der Waals surface area contributed by atoms with Crippen molar-refractivity contribution in [1.29, 1.82) is 0 Å². The third-order valence-electron chi connectivity index (χ3n) is 3.66. The molecule has 3 rings (SSSR count). The first-order chi connectivity index (χ1) is 7.34. The molecule has 0 aliphatic carbocycles. The molecule has 2 heteroatoms. The van der Waals surface area contributed by atoms with Crippen LogP contribution in [0.1, 0.15) is 18.9 Å². The minimum atomic E-state index is 0.618. The second kappa shape index (κ2) is 3.53. The summed E-state index contributed by atoms with van der Waals surface area (Å²) in [7, 11) is 0. The highest BCUT2D eigenvalue weighted by atomic mass is 15.2. The number of piperazine rings is 1. The highest BCUT2D eigenvalue weighted by Gasteiger charge is 2.30. The van der Waals surface area contributed by atoms with Crippen molar-refractivity contribution in [3.8, 4) is 0 Å². The van der Waals surface area contributed by atoms with E-state index in [9.17, 15) is 0 Å². The summed E-state index contributed by atoms with van der Waals surface area (Å²) in [4.78, 5) is 2.60. The predicted octanol–water partition coefficient (Wildman–Crippen LogP) is 1.80. The van der Waals surface area contributed by atoms with Crippen molar-refractivity contribution in [2.45, 2.75) is 31.8 Å². The summed E-state index contributed by atoms with van der Waals surface area (Å²) in [5, 5.41) is 3.57. The summed E-state index contributed by atoms with van der Waals surface area (Å²) >= 11 is 0. The number of anilines is 1. The van der Waals surface area contributed by atoms with E-state index in [1.807, 2.05) is 0 Å². The smallest absolute Gasteiger partial charge is 0.0418 e. The summed E-state index contributed by atoms with van der Waals surface area (Å²) < 4.78 is 0. The lowest BCUT2D eigenvalue weighted by atomic mass is 9.93. The van der Waals surface area contributed by atoms with Crippen molar-refractivity contribution in [2.24, 2.45) is 0 Å². The normalized spacial score (nSPS) is 29.5. The molecule has 1 unspecified atom stereocenters. The highest BCUT2D eigenvalue weighted by molar-refractivity contribution is 5.57. The van der Waals surface area contributed by atoms with Gasteiger partial charge in [-0.25, -0.2) is 0 Å². The lowest BCUT2D eigenvalue weighted by Crippen LogP contribution is -2.57. The van der Waals surface area contributed by atoms with Gasteiger partial charge in [-0.05, 0) is 31.4 Å². The number of hydrogen-bond acceptors (Lipinski definition) is 2. The van der Waals surface area contributed by atoms with Gasteiger partial charge in [0.25, 0.3) is 0 Å². The predicted molar refractivity (Wildman–Crippen MR) is 63.4 cm³/mol. The van der Waals surface area contributed by atoms with Crippen LogP contribution < -0.4 is 10.2 Å². The molecule has 80 valence electrons. The Kier molecular flexibility index (Phi) is 2.17. The highest BCUT2D eigenvalue weighted by Crippen LogP contribution is 2.31. The molecule has 1 fully saturated rings. The van der Waals surface area contributed by atoms with Crippen LogP contribution in [0, 0.1) is 0 Å². The van der Waals surface area contributed by atoms with E-state index in [1.54, 1.807) is 0 Å². The van der Waals surface area contributed by atoms with Crippen LogP contribution in [0.2, 0.25) is 0 Å². The molecule has 1 aromatic rings. The molecule has 1 saturated heterocycles. The first-order valence-electron chi connectivity index (χ1n) is 5.92. The van der Waals surface area contributed by atoms with Crippen LogP contribution in [-0.4, -0.2) is 25.2 Å². The van der Waals surface area contributed by atoms with Crippen molar-refractivity contribution >= 4 is 5.69 Å². The number of hydrogen-bond donors (Lipinski definition) is 1. The lowest BCUT2D eigenvalue weighted by Gasteiger charge is -2.44. The van der Waals surface area contributed by atoms with Gasteiger partial charge >= 0.3 is 0 Å². The Balaban J connectivity index is 1.96. The second-order valence-corrected chi connectivity index (χ2v) is 4.78. The maximum Gasteiger partial charge on any atom is 0.0418 e. The molecule has 2 nitrogen and oxygen atoms in total. The molecule has 1 aromatic carbocycles. The molecule has 1 N–H and O–H groups in total. The Hall–Kier alpha value is -1.02. The van der Waals surface area contributed by atoms with Gasteiger partial charge in [-0.3, -0.25) is 0 Å². The van der Waals surface area contributed by atoms with Crippen molar-refractivity contribution in [2.75, 3.05) is 18.0 Å². The maximum absolute atomic E-state index is 3.57. The fraction of sp³-hybridized carbons (Fsp3) is 0.538. The van der Waals surface area contributed by atoms with Gasteiger partial charge in [-0.1, -0.05) is 18.2 Å². The van der Waals surface area contributed by atoms with Gasteiger partial charge in [0.15, 0.2) is 0 Å². The molecule has 0 aromatic heterocycles. The second-order valence-electron chi connectivity index (χ2n) is 4.78. The Morgan fingerprint density at radius 1 is 1.33 bits per heavy atom. The van der Waals surface area contributed by atoms with Gasteiger partial charge in [0.05, 0.1) is 0 Å². The van der Waals surface area contributed by atoms with E-state index in [2.05, 4.69) is 41.4 Å². The number of benzene rings is 1. The number of fused-ring (bicyclic) bond motifs is 3. The Labute approximate surface area is 91.3 Å². The molecular weight excluding hydrogens is 184 g/mol. The van der Waals surface area contributed by atoms with E-state index < -0.39 is 0 Å². The average Bonchev–Trinajstić information content (AvgIpc) is 2.29. The Bertz CT molecular complexity index is 361. The topological polar surface area (TPSA) is 15.3 Å². The van der Waals surface area contributed by atoms with Gasteiger partial charge in [-0.15, -0.1) is 0 Å². The van der Waals surface area contributed by atoms with Crippen LogP contribution in [0.4, 0.5) is 5.69 Å². The van der Waals surface area contributed by atoms with Gasteiger partial charge in [0, 0.05) is 30.9 Å². The summed E-state index contributed by atoms with van der Waals surface area (Å²) in [5.74, 6) is 0. The van der Waals surface area contributed by atoms with Crippen molar-refractivity contribution < 1.29 is 0 Å². The number of rotatable bonds is 0. The zero-order valence-corrected chi connectivity index (χ0v) is 9.24. The largest absolute Gasteiger partial charge is 0.365 e. The molecular formula is C13H18N2.